The highest BCUT2D eigenvalue weighted by atomic mass is 32.1. The van der Waals surface area contributed by atoms with Crippen LogP contribution in [-0.4, -0.2) is 19.8 Å². The summed E-state index contributed by atoms with van der Waals surface area (Å²) in [4.78, 5) is 0. The lowest BCUT2D eigenvalue weighted by Gasteiger charge is -2.03. The summed E-state index contributed by atoms with van der Waals surface area (Å²) in [6, 6.07) is 2.16. The minimum atomic E-state index is 0.879. The molecule has 0 aliphatic heterocycles. The number of hydrogen-bond acceptors (Lipinski definition) is 3. The summed E-state index contributed by atoms with van der Waals surface area (Å²) in [6.07, 6.45) is 2.21. The molecule has 0 fully saturated rings. The van der Waals surface area contributed by atoms with E-state index in [0.717, 1.165) is 39.1 Å². The maximum atomic E-state index is 5.38. The Balaban J connectivity index is 1.85. The van der Waals surface area contributed by atoms with Gasteiger partial charge in [-0.25, -0.2) is 0 Å². The minimum absolute atomic E-state index is 0.879. The second-order valence-electron chi connectivity index (χ2n) is 3.27. The fourth-order valence-electron chi connectivity index (χ4n) is 1.17. The Bertz CT molecular complexity index is 211. The van der Waals surface area contributed by atoms with Crippen LogP contribution in [0.1, 0.15) is 25.3 Å². The first-order valence-electron chi connectivity index (χ1n) is 5.23. The Morgan fingerprint density at radius 3 is 3.07 bits per heavy atom. The van der Waals surface area contributed by atoms with Gasteiger partial charge < -0.3 is 10.1 Å². The molecule has 0 radical (unpaired) electrons. The fourth-order valence-corrected chi connectivity index (χ4v) is 1.84. The SMILES string of the molecule is CCCOCCCNCc1ccsc1. The number of ether oxygens (including phenoxy) is 1. The van der Waals surface area contributed by atoms with Crippen LogP contribution in [0, 0.1) is 0 Å². The Hall–Kier alpha value is -0.380. The van der Waals surface area contributed by atoms with E-state index >= 15 is 0 Å². The van der Waals surface area contributed by atoms with Crippen molar-refractivity contribution in [1.82, 2.24) is 5.32 Å². The third kappa shape index (κ3) is 5.37. The van der Waals surface area contributed by atoms with Crippen molar-refractivity contribution >= 4 is 11.3 Å². The molecule has 0 saturated carbocycles. The normalized spacial score (nSPS) is 10.6. The maximum Gasteiger partial charge on any atom is 0.0478 e. The summed E-state index contributed by atoms with van der Waals surface area (Å²) >= 11 is 1.75. The molecule has 1 rings (SSSR count). The molecular formula is C11H19NOS. The standard InChI is InChI=1S/C11H19NOS/c1-2-6-13-7-3-5-12-9-11-4-8-14-10-11/h4,8,10,12H,2-3,5-7,9H2,1H3. The van der Waals surface area contributed by atoms with Crippen molar-refractivity contribution < 1.29 is 4.74 Å². The van der Waals surface area contributed by atoms with Crippen LogP contribution >= 0.6 is 11.3 Å². The van der Waals surface area contributed by atoms with Crippen LogP contribution in [0.4, 0.5) is 0 Å². The van der Waals surface area contributed by atoms with Gasteiger partial charge in [0, 0.05) is 19.8 Å². The van der Waals surface area contributed by atoms with Crippen molar-refractivity contribution in [1.29, 1.82) is 0 Å². The molecule has 0 atom stereocenters. The van der Waals surface area contributed by atoms with E-state index in [2.05, 4.69) is 29.1 Å². The van der Waals surface area contributed by atoms with Crippen LogP contribution in [-0.2, 0) is 11.3 Å². The van der Waals surface area contributed by atoms with E-state index in [-0.39, 0.29) is 0 Å². The molecule has 1 aromatic rings. The lowest BCUT2D eigenvalue weighted by molar-refractivity contribution is 0.132. The third-order valence-electron chi connectivity index (χ3n) is 1.90. The summed E-state index contributed by atoms with van der Waals surface area (Å²) < 4.78 is 5.38. The van der Waals surface area contributed by atoms with Crippen LogP contribution in [0.2, 0.25) is 0 Å². The van der Waals surface area contributed by atoms with Gasteiger partial charge in [-0.15, -0.1) is 0 Å². The average Bonchev–Trinajstić information content (AvgIpc) is 2.69. The summed E-state index contributed by atoms with van der Waals surface area (Å²) in [5.41, 5.74) is 1.38. The average molecular weight is 213 g/mol. The largest absolute Gasteiger partial charge is 0.381 e. The topological polar surface area (TPSA) is 21.3 Å². The van der Waals surface area contributed by atoms with Crippen molar-refractivity contribution in [2.24, 2.45) is 0 Å². The van der Waals surface area contributed by atoms with Crippen LogP contribution in [0.5, 0.6) is 0 Å². The monoisotopic (exact) mass is 213 g/mol. The quantitative estimate of drug-likeness (QED) is 0.670. The first-order chi connectivity index (χ1) is 6.93. The van der Waals surface area contributed by atoms with Crippen LogP contribution in [0.3, 0.4) is 0 Å². The van der Waals surface area contributed by atoms with E-state index in [0.29, 0.717) is 0 Å². The molecule has 80 valence electrons. The van der Waals surface area contributed by atoms with Crippen LogP contribution < -0.4 is 5.32 Å². The molecule has 0 saturated heterocycles. The van der Waals surface area contributed by atoms with Gasteiger partial charge in [-0.1, -0.05) is 6.92 Å². The summed E-state index contributed by atoms with van der Waals surface area (Å²) in [7, 11) is 0. The molecule has 0 amide bonds. The Kier molecular flexibility index (Phi) is 6.66. The number of nitrogens with one attached hydrogen (secondary N) is 1. The van der Waals surface area contributed by atoms with Gasteiger partial charge in [-0.3, -0.25) is 0 Å². The molecule has 1 N–H and O–H groups in total. The molecule has 14 heavy (non-hydrogen) atoms. The van der Waals surface area contributed by atoms with Crippen LogP contribution in [0.25, 0.3) is 0 Å². The van der Waals surface area contributed by atoms with E-state index in [1.807, 2.05) is 0 Å². The molecule has 1 heterocycles. The van der Waals surface area contributed by atoms with E-state index < -0.39 is 0 Å². The first kappa shape index (κ1) is 11.7. The van der Waals surface area contributed by atoms with Gasteiger partial charge in [-0.05, 0) is 41.8 Å². The van der Waals surface area contributed by atoms with E-state index in [1.165, 1.54) is 5.56 Å². The number of rotatable bonds is 8. The lowest BCUT2D eigenvalue weighted by Crippen LogP contribution is -2.16. The minimum Gasteiger partial charge on any atom is -0.381 e. The molecule has 0 aliphatic rings. The summed E-state index contributed by atoms with van der Waals surface area (Å²) in [5.74, 6) is 0. The third-order valence-corrected chi connectivity index (χ3v) is 2.63. The lowest BCUT2D eigenvalue weighted by atomic mass is 10.3. The number of hydrogen-bond donors (Lipinski definition) is 1. The van der Waals surface area contributed by atoms with Gasteiger partial charge in [0.25, 0.3) is 0 Å². The second kappa shape index (κ2) is 7.97. The predicted molar refractivity (Wildman–Crippen MR) is 61.8 cm³/mol. The highest BCUT2D eigenvalue weighted by molar-refractivity contribution is 7.07. The Morgan fingerprint density at radius 1 is 1.43 bits per heavy atom. The molecule has 1 aromatic heterocycles. The molecule has 0 bridgehead atoms. The van der Waals surface area contributed by atoms with Crippen LogP contribution in [0.15, 0.2) is 16.8 Å². The zero-order chi connectivity index (χ0) is 10.1. The fraction of sp³-hybridized carbons (Fsp3) is 0.636. The van der Waals surface area contributed by atoms with Gasteiger partial charge in [0.1, 0.15) is 0 Å². The van der Waals surface area contributed by atoms with Gasteiger partial charge in [0.2, 0.25) is 0 Å². The van der Waals surface area contributed by atoms with E-state index in [9.17, 15) is 0 Å². The molecular weight excluding hydrogens is 194 g/mol. The zero-order valence-electron chi connectivity index (χ0n) is 8.79. The zero-order valence-corrected chi connectivity index (χ0v) is 9.61. The predicted octanol–water partition coefficient (Wildman–Crippen LogP) is 2.65. The smallest absolute Gasteiger partial charge is 0.0478 e. The second-order valence-corrected chi connectivity index (χ2v) is 4.05. The molecule has 0 spiro atoms. The Labute approximate surface area is 90.3 Å². The van der Waals surface area contributed by atoms with Crippen molar-refractivity contribution in [3.63, 3.8) is 0 Å². The van der Waals surface area contributed by atoms with E-state index in [1.54, 1.807) is 11.3 Å². The van der Waals surface area contributed by atoms with Gasteiger partial charge in [-0.2, -0.15) is 11.3 Å². The first-order valence-corrected chi connectivity index (χ1v) is 6.17. The highest BCUT2D eigenvalue weighted by Crippen LogP contribution is 2.04. The number of thiophene rings is 1. The van der Waals surface area contributed by atoms with Gasteiger partial charge in [0.15, 0.2) is 0 Å². The van der Waals surface area contributed by atoms with Crippen molar-refractivity contribution in [2.75, 3.05) is 19.8 Å². The molecule has 2 nitrogen and oxygen atoms in total. The van der Waals surface area contributed by atoms with E-state index in [4.69, 9.17) is 4.74 Å². The van der Waals surface area contributed by atoms with Crippen molar-refractivity contribution in [3.8, 4) is 0 Å². The Morgan fingerprint density at radius 2 is 2.36 bits per heavy atom. The van der Waals surface area contributed by atoms with Crippen molar-refractivity contribution in [2.45, 2.75) is 26.3 Å². The van der Waals surface area contributed by atoms with Crippen molar-refractivity contribution in [3.05, 3.63) is 22.4 Å². The van der Waals surface area contributed by atoms with Gasteiger partial charge >= 0.3 is 0 Å². The highest BCUT2D eigenvalue weighted by Gasteiger charge is 1.92. The van der Waals surface area contributed by atoms with Gasteiger partial charge in [0.05, 0.1) is 0 Å². The maximum absolute atomic E-state index is 5.38. The molecule has 0 unspecified atom stereocenters. The molecule has 3 heteroatoms. The summed E-state index contributed by atoms with van der Waals surface area (Å²) in [5, 5.41) is 7.68. The molecule has 0 aromatic carbocycles. The molecule has 0 aliphatic carbocycles. The summed E-state index contributed by atoms with van der Waals surface area (Å²) in [6.45, 7) is 5.93.